The number of methoxy groups -OCH3 is 1. The van der Waals surface area contributed by atoms with E-state index >= 15 is 0 Å². The molecule has 0 spiro atoms. The predicted molar refractivity (Wildman–Crippen MR) is 63.9 cm³/mol. The molecule has 0 fully saturated rings. The van der Waals surface area contributed by atoms with Crippen LogP contribution in [-0.4, -0.2) is 7.11 Å². The van der Waals surface area contributed by atoms with Crippen LogP contribution in [0.15, 0.2) is 22.7 Å². The second-order valence-electron chi connectivity index (χ2n) is 3.43. The fourth-order valence-corrected chi connectivity index (χ4v) is 1.85. The van der Waals surface area contributed by atoms with Crippen molar-refractivity contribution in [1.29, 1.82) is 0 Å². The van der Waals surface area contributed by atoms with Crippen molar-refractivity contribution in [2.75, 3.05) is 7.11 Å². The molecule has 0 radical (unpaired) electrons. The van der Waals surface area contributed by atoms with Crippen LogP contribution in [-0.2, 0) is 6.42 Å². The maximum Gasteiger partial charge on any atom is 0.133 e. The summed E-state index contributed by atoms with van der Waals surface area (Å²) in [6.45, 7) is 2.22. The van der Waals surface area contributed by atoms with Crippen molar-refractivity contribution in [3.63, 3.8) is 0 Å². The number of benzene rings is 1. The van der Waals surface area contributed by atoms with E-state index in [0.29, 0.717) is 0 Å². The average Bonchev–Trinajstić information content (AvgIpc) is 2.21. The quantitative estimate of drug-likeness (QED) is 0.718. The van der Waals surface area contributed by atoms with Crippen LogP contribution in [0.1, 0.15) is 31.7 Å². The van der Waals surface area contributed by atoms with Crippen LogP contribution in [0.5, 0.6) is 5.75 Å². The van der Waals surface area contributed by atoms with Crippen molar-refractivity contribution in [2.45, 2.75) is 32.6 Å². The highest BCUT2D eigenvalue weighted by Gasteiger charge is 2.00. The molecule has 2 heteroatoms. The van der Waals surface area contributed by atoms with Gasteiger partial charge in [0.1, 0.15) is 5.75 Å². The van der Waals surface area contributed by atoms with Crippen LogP contribution < -0.4 is 4.74 Å². The zero-order valence-electron chi connectivity index (χ0n) is 8.85. The Kier molecular flexibility index (Phi) is 5.02. The predicted octanol–water partition coefficient (Wildman–Crippen LogP) is 4.19. The number of hydrogen-bond donors (Lipinski definition) is 0. The summed E-state index contributed by atoms with van der Waals surface area (Å²) in [6.07, 6.45) is 4.99. The van der Waals surface area contributed by atoms with Crippen LogP contribution in [0.2, 0.25) is 0 Å². The van der Waals surface area contributed by atoms with Gasteiger partial charge in [0.25, 0.3) is 0 Å². The van der Waals surface area contributed by atoms with Gasteiger partial charge in [0, 0.05) is 0 Å². The second kappa shape index (κ2) is 6.07. The normalized spacial score (nSPS) is 10.2. The summed E-state index contributed by atoms with van der Waals surface area (Å²) in [5.74, 6) is 0.930. The lowest BCUT2D eigenvalue weighted by atomic mass is 10.1. The molecule has 14 heavy (non-hydrogen) atoms. The van der Waals surface area contributed by atoms with E-state index in [1.165, 1.54) is 24.8 Å². The van der Waals surface area contributed by atoms with Gasteiger partial charge in [0.2, 0.25) is 0 Å². The van der Waals surface area contributed by atoms with E-state index in [4.69, 9.17) is 4.74 Å². The van der Waals surface area contributed by atoms with Crippen molar-refractivity contribution < 1.29 is 4.74 Å². The van der Waals surface area contributed by atoms with Gasteiger partial charge in [-0.2, -0.15) is 0 Å². The third-order valence-electron chi connectivity index (χ3n) is 2.28. The minimum Gasteiger partial charge on any atom is -0.496 e. The van der Waals surface area contributed by atoms with Crippen molar-refractivity contribution >= 4 is 15.9 Å². The SMILES string of the molecule is CCCCCc1ccc(Br)c(OC)c1. The van der Waals surface area contributed by atoms with Crippen LogP contribution in [0.4, 0.5) is 0 Å². The number of hydrogen-bond acceptors (Lipinski definition) is 1. The topological polar surface area (TPSA) is 9.23 Å². The number of ether oxygens (including phenoxy) is 1. The minimum absolute atomic E-state index is 0.930. The largest absolute Gasteiger partial charge is 0.496 e. The molecule has 1 rings (SSSR count). The molecule has 0 N–H and O–H groups in total. The third kappa shape index (κ3) is 3.33. The Labute approximate surface area is 94.6 Å². The van der Waals surface area contributed by atoms with Gasteiger partial charge in [0.05, 0.1) is 11.6 Å². The maximum atomic E-state index is 5.25. The summed E-state index contributed by atoms with van der Waals surface area (Å²) in [4.78, 5) is 0. The van der Waals surface area contributed by atoms with Gasteiger partial charge in [0.15, 0.2) is 0 Å². The molecule has 0 bridgehead atoms. The monoisotopic (exact) mass is 256 g/mol. The van der Waals surface area contributed by atoms with E-state index in [9.17, 15) is 0 Å². The molecule has 0 unspecified atom stereocenters. The lowest BCUT2D eigenvalue weighted by molar-refractivity contribution is 0.411. The summed E-state index contributed by atoms with van der Waals surface area (Å²) in [5.41, 5.74) is 1.36. The molecule has 0 aromatic heterocycles. The second-order valence-corrected chi connectivity index (χ2v) is 4.28. The molecule has 1 nitrogen and oxygen atoms in total. The molecule has 78 valence electrons. The first-order chi connectivity index (χ1) is 6.77. The smallest absolute Gasteiger partial charge is 0.133 e. The Morgan fingerprint density at radius 1 is 1.29 bits per heavy atom. The minimum atomic E-state index is 0.930. The first-order valence-corrected chi connectivity index (χ1v) is 5.89. The molecule has 0 atom stereocenters. The molecule has 0 amide bonds. The Bertz CT molecular complexity index is 284. The average molecular weight is 257 g/mol. The fraction of sp³-hybridized carbons (Fsp3) is 0.500. The number of rotatable bonds is 5. The van der Waals surface area contributed by atoms with Crippen molar-refractivity contribution in [3.05, 3.63) is 28.2 Å². The summed E-state index contributed by atoms with van der Waals surface area (Å²) >= 11 is 3.45. The van der Waals surface area contributed by atoms with E-state index in [-0.39, 0.29) is 0 Å². The summed E-state index contributed by atoms with van der Waals surface area (Å²) in [5, 5.41) is 0. The molecule has 1 aromatic rings. The van der Waals surface area contributed by atoms with Crippen LogP contribution in [0.25, 0.3) is 0 Å². The number of aryl methyl sites for hydroxylation is 1. The third-order valence-corrected chi connectivity index (χ3v) is 2.94. The molecular weight excluding hydrogens is 240 g/mol. The highest BCUT2D eigenvalue weighted by atomic mass is 79.9. The van der Waals surface area contributed by atoms with Gasteiger partial charge in [-0.25, -0.2) is 0 Å². The van der Waals surface area contributed by atoms with Gasteiger partial charge in [-0.3, -0.25) is 0 Å². The summed E-state index contributed by atoms with van der Waals surface area (Å²) in [6, 6.07) is 6.32. The maximum absolute atomic E-state index is 5.25. The summed E-state index contributed by atoms with van der Waals surface area (Å²) < 4.78 is 6.27. The molecule has 0 aliphatic rings. The molecule has 0 aliphatic carbocycles. The van der Waals surface area contributed by atoms with Crippen molar-refractivity contribution in [1.82, 2.24) is 0 Å². The van der Waals surface area contributed by atoms with Gasteiger partial charge < -0.3 is 4.74 Å². The van der Waals surface area contributed by atoms with E-state index in [1.54, 1.807) is 7.11 Å². The highest BCUT2D eigenvalue weighted by Crippen LogP contribution is 2.26. The highest BCUT2D eigenvalue weighted by molar-refractivity contribution is 9.10. The van der Waals surface area contributed by atoms with Gasteiger partial charge in [-0.15, -0.1) is 0 Å². The van der Waals surface area contributed by atoms with E-state index < -0.39 is 0 Å². The van der Waals surface area contributed by atoms with E-state index in [1.807, 2.05) is 0 Å². The van der Waals surface area contributed by atoms with Crippen molar-refractivity contribution in [2.24, 2.45) is 0 Å². The molecule has 0 heterocycles. The lowest BCUT2D eigenvalue weighted by Gasteiger charge is -2.06. The number of unbranched alkanes of at least 4 members (excludes halogenated alkanes) is 2. The van der Waals surface area contributed by atoms with Gasteiger partial charge in [-0.1, -0.05) is 25.8 Å². The van der Waals surface area contributed by atoms with Crippen LogP contribution in [0, 0.1) is 0 Å². The van der Waals surface area contributed by atoms with E-state index in [2.05, 4.69) is 41.1 Å². The molecular formula is C12H17BrO. The first-order valence-electron chi connectivity index (χ1n) is 5.10. The Morgan fingerprint density at radius 2 is 2.07 bits per heavy atom. The lowest BCUT2D eigenvalue weighted by Crippen LogP contribution is -1.89. The molecule has 1 aromatic carbocycles. The standard InChI is InChI=1S/C12H17BrO/c1-3-4-5-6-10-7-8-11(13)12(9-10)14-2/h7-9H,3-6H2,1-2H3. The van der Waals surface area contributed by atoms with E-state index in [0.717, 1.165) is 16.6 Å². The summed E-state index contributed by atoms with van der Waals surface area (Å²) in [7, 11) is 1.70. The molecule has 0 saturated carbocycles. The Hall–Kier alpha value is -0.500. The zero-order chi connectivity index (χ0) is 10.4. The first kappa shape index (κ1) is 11.6. The van der Waals surface area contributed by atoms with Gasteiger partial charge >= 0.3 is 0 Å². The Morgan fingerprint density at radius 3 is 2.71 bits per heavy atom. The fourth-order valence-electron chi connectivity index (χ4n) is 1.44. The number of halogens is 1. The van der Waals surface area contributed by atoms with Crippen LogP contribution in [0.3, 0.4) is 0 Å². The van der Waals surface area contributed by atoms with Crippen LogP contribution >= 0.6 is 15.9 Å². The van der Waals surface area contributed by atoms with Crippen molar-refractivity contribution in [3.8, 4) is 5.75 Å². The Balaban J connectivity index is 2.60. The zero-order valence-corrected chi connectivity index (χ0v) is 10.4. The molecule has 0 aliphatic heterocycles. The van der Waals surface area contributed by atoms with Gasteiger partial charge in [-0.05, 0) is 46.5 Å². The molecule has 0 saturated heterocycles.